The molecule has 2 rings (SSSR count). The molecule has 112 valence electrons. The minimum absolute atomic E-state index is 0.0912. The van der Waals surface area contributed by atoms with Crippen LogP contribution < -0.4 is 10.0 Å². The highest BCUT2D eigenvalue weighted by Crippen LogP contribution is 2.27. The van der Waals surface area contributed by atoms with Gasteiger partial charge < -0.3 is 5.73 Å². The highest BCUT2D eigenvalue weighted by atomic mass is 32.2. The van der Waals surface area contributed by atoms with Gasteiger partial charge in [-0.05, 0) is 42.8 Å². The molecule has 0 atom stereocenters. The number of nitrogen functional groups attached to an aromatic ring is 1. The Balaban J connectivity index is 2.54. The van der Waals surface area contributed by atoms with Gasteiger partial charge in [-0.25, -0.2) is 17.2 Å². The Morgan fingerprint density at radius 2 is 1.81 bits per heavy atom. The fourth-order valence-electron chi connectivity index (χ4n) is 1.82. The molecule has 2 N–H and O–H groups in total. The van der Waals surface area contributed by atoms with Gasteiger partial charge in [0.2, 0.25) is 0 Å². The van der Waals surface area contributed by atoms with Crippen LogP contribution in [0.25, 0.3) is 0 Å². The number of hydrogen-bond acceptors (Lipinski definition) is 3. The SMILES string of the molecule is Cc1cc(F)c(S(=O)(=O)N(C)c2cccc(F)c2)cc1N. The van der Waals surface area contributed by atoms with E-state index in [-0.39, 0.29) is 11.4 Å². The summed E-state index contributed by atoms with van der Waals surface area (Å²) in [6, 6.07) is 7.14. The molecule has 0 saturated heterocycles. The van der Waals surface area contributed by atoms with Crippen molar-refractivity contribution in [2.24, 2.45) is 0 Å². The third kappa shape index (κ3) is 2.82. The van der Waals surface area contributed by atoms with Gasteiger partial charge in [0.05, 0.1) is 5.69 Å². The standard InChI is InChI=1S/C14H14F2N2O2S/c1-9-6-12(16)14(8-13(9)17)21(19,20)18(2)11-5-3-4-10(15)7-11/h3-8H,17H2,1-2H3. The van der Waals surface area contributed by atoms with E-state index in [1.54, 1.807) is 6.92 Å². The molecule has 2 aromatic carbocycles. The summed E-state index contributed by atoms with van der Waals surface area (Å²) in [6.45, 7) is 1.57. The van der Waals surface area contributed by atoms with Crippen molar-refractivity contribution < 1.29 is 17.2 Å². The van der Waals surface area contributed by atoms with Gasteiger partial charge in [-0.15, -0.1) is 0 Å². The molecule has 0 heterocycles. The Morgan fingerprint density at radius 1 is 1.14 bits per heavy atom. The number of nitrogens with zero attached hydrogens (tertiary/aromatic N) is 1. The summed E-state index contributed by atoms with van der Waals surface area (Å²) < 4.78 is 52.8. The van der Waals surface area contributed by atoms with E-state index in [0.717, 1.165) is 22.5 Å². The second kappa shape index (κ2) is 5.33. The number of anilines is 2. The van der Waals surface area contributed by atoms with Crippen LogP contribution in [0.1, 0.15) is 5.56 Å². The Labute approximate surface area is 121 Å². The zero-order valence-electron chi connectivity index (χ0n) is 11.5. The first-order chi connectivity index (χ1) is 9.73. The lowest BCUT2D eigenvalue weighted by Gasteiger charge is -2.20. The van der Waals surface area contributed by atoms with Gasteiger partial charge >= 0.3 is 0 Å². The molecule has 0 aliphatic carbocycles. The number of sulfonamides is 1. The summed E-state index contributed by atoms with van der Waals surface area (Å²) >= 11 is 0. The quantitative estimate of drug-likeness (QED) is 0.886. The molecule has 4 nitrogen and oxygen atoms in total. The molecule has 0 bridgehead atoms. The average Bonchev–Trinajstić information content (AvgIpc) is 2.41. The van der Waals surface area contributed by atoms with Gasteiger partial charge in [-0.3, -0.25) is 4.31 Å². The van der Waals surface area contributed by atoms with E-state index in [1.165, 1.54) is 25.2 Å². The van der Waals surface area contributed by atoms with E-state index < -0.39 is 26.6 Å². The van der Waals surface area contributed by atoms with E-state index >= 15 is 0 Å². The van der Waals surface area contributed by atoms with Crippen LogP contribution in [0.3, 0.4) is 0 Å². The maximum absolute atomic E-state index is 13.9. The number of hydrogen-bond donors (Lipinski definition) is 1. The molecule has 0 saturated carbocycles. The topological polar surface area (TPSA) is 63.4 Å². The normalized spacial score (nSPS) is 11.4. The Kier molecular flexibility index (Phi) is 3.87. The fourth-order valence-corrected chi connectivity index (χ4v) is 3.09. The largest absolute Gasteiger partial charge is 0.398 e. The molecule has 0 aromatic heterocycles. The number of aryl methyl sites for hydroxylation is 1. The molecule has 2 aromatic rings. The van der Waals surface area contributed by atoms with Gasteiger partial charge in [-0.1, -0.05) is 6.07 Å². The van der Waals surface area contributed by atoms with Crippen LogP contribution in [-0.2, 0) is 10.0 Å². The first-order valence-electron chi connectivity index (χ1n) is 6.03. The predicted octanol–water partition coefficient (Wildman–Crippen LogP) is 2.68. The maximum atomic E-state index is 13.9. The first kappa shape index (κ1) is 15.2. The highest BCUT2D eigenvalue weighted by molar-refractivity contribution is 7.92. The summed E-state index contributed by atoms with van der Waals surface area (Å²) in [5, 5.41) is 0. The van der Waals surface area contributed by atoms with Crippen molar-refractivity contribution in [3.05, 3.63) is 53.6 Å². The molecule has 0 amide bonds. The third-order valence-electron chi connectivity index (χ3n) is 3.13. The molecular formula is C14H14F2N2O2S. The molecule has 21 heavy (non-hydrogen) atoms. The second-order valence-corrected chi connectivity index (χ2v) is 6.53. The minimum Gasteiger partial charge on any atom is -0.398 e. The van der Waals surface area contributed by atoms with Gasteiger partial charge in [0.1, 0.15) is 16.5 Å². The first-order valence-corrected chi connectivity index (χ1v) is 7.47. The minimum atomic E-state index is -4.17. The van der Waals surface area contributed by atoms with Crippen molar-refractivity contribution in [3.8, 4) is 0 Å². The molecule has 0 spiro atoms. The smallest absolute Gasteiger partial charge is 0.267 e. The van der Waals surface area contributed by atoms with Crippen LogP contribution in [0.15, 0.2) is 41.3 Å². The van der Waals surface area contributed by atoms with E-state index in [0.29, 0.717) is 5.56 Å². The van der Waals surface area contributed by atoms with E-state index in [1.807, 2.05) is 0 Å². The van der Waals surface area contributed by atoms with Crippen molar-refractivity contribution in [1.82, 2.24) is 0 Å². The van der Waals surface area contributed by atoms with E-state index in [2.05, 4.69) is 0 Å². The van der Waals surface area contributed by atoms with Crippen molar-refractivity contribution in [2.45, 2.75) is 11.8 Å². The van der Waals surface area contributed by atoms with Crippen LogP contribution in [0.2, 0.25) is 0 Å². The van der Waals surface area contributed by atoms with E-state index in [9.17, 15) is 17.2 Å². The third-order valence-corrected chi connectivity index (χ3v) is 4.93. The zero-order chi connectivity index (χ0) is 15.8. The summed E-state index contributed by atoms with van der Waals surface area (Å²) in [4.78, 5) is -0.544. The van der Waals surface area contributed by atoms with Crippen molar-refractivity contribution in [3.63, 3.8) is 0 Å². The number of halogens is 2. The molecular weight excluding hydrogens is 298 g/mol. The molecule has 0 unspecified atom stereocenters. The number of rotatable bonds is 3. The zero-order valence-corrected chi connectivity index (χ0v) is 12.3. The van der Waals surface area contributed by atoms with Gasteiger partial charge in [0, 0.05) is 12.7 Å². The lowest BCUT2D eigenvalue weighted by atomic mass is 10.2. The fraction of sp³-hybridized carbons (Fsp3) is 0.143. The summed E-state index contributed by atoms with van der Waals surface area (Å²) in [6.07, 6.45) is 0. The molecule has 0 radical (unpaired) electrons. The second-order valence-electron chi connectivity index (χ2n) is 4.59. The Hall–Kier alpha value is -2.15. The van der Waals surface area contributed by atoms with Crippen LogP contribution in [0.5, 0.6) is 0 Å². The van der Waals surface area contributed by atoms with Gasteiger partial charge in [0.15, 0.2) is 0 Å². The molecule has 0 fully saturated rings. The molecule has 0 aliphatic rings. The summed E-state index contributed by atoms with van der Waals surface area (Å²) in [7, 11) is -2.95. The lowest BCUT2D eigenvalue weighted by molar-refractivity contribution is 0.565. The van der Waals surface area contributed by atoms with Gasteiger partial charge in [0.25, 0.3) is 10.0 Å². The predicted molar refractivity (Wildman–Crippen MR) is 77.5 cm³/mol. The van der Waals surface area contributed by atoms with Crippen molar-refractivity contribution in [1.29, 1.82) is 0 Å². The van der Waals surface area contributed by atoms with Gasteiger partial charge in [-0.2, -0.15) is 0 Å². The maximum Gasteiger partial charge on any atom is 0.267 e. The van der Waals surface area contributed by atoms with Crippen molar-refractivity contribution in [2.75, 3.05) is 17.1 Å². The van der Waals surface area contributed by atoms with Crippen LogP contribution in [-0.4, -0.2) is 15.5 Å². The highest BCUT2D eigenvalue weighted by Gasteiger charge is 2.26. The number of nitrogens with two attached hydrogens (primary N) is 1. The lowest BCUT2D eigenvalue weighted by Crippen LogP contribution is -2.27. The van der Waals surface area contributed by atoms with Crippen LogP contribution >= 0.6 is 0 Å². The molecule has 7 heteroatoms. The number of benzene rings is 2. The van der Waals surface area contributed by atoms with Crippen molar-refractivity contribution >= 4 is 21.4 Å². The average molecular weight is 312 g/mol. The summed E-state index contributed by atoms with van der Waals surface area (Å²) in [5.41, 5.74) is 6.34. The molecule has 0 aliphatic heterocycles. The summed E-state index contributed by atoms with van der Waals surface area (Å²) in [5.74, 6) is -1.48. The Morgan fingerprint density at radius 3 is 2.43 bits per heavy atom. The van der Waals surface area contributed by atoms with Crippen LogP contribution in [0, 0.1) is 18.6 Å². The van der Waals surface area contributed by atoms with Crippen LogP contribution in [0.4, 0.5) is 20.2 Å². The van der Waals surface area contributed by atoms with E-state index in [4.69, 9.17) is 5.73 Å². The Bertz CT molecular complexity index is 792. The monoisotopic (exact) mass is 312 g/mol.